The molecule has 3 nitrogen and oxygen atoms in total. The SMILES string of the molecule is CC(C)(C)S(=O)N[C@H](CP(c1ccccc1)c1ccccc1)c1ccccc1O. The molecule has 0 aliphatic carbocycles. The summed E-state index contributed by atoms with van der Waals surface area (Å²) in [7, 11) is -1.96. The Morgan fingerprint density at radius 3 is 1.83 bits per heavy atom. The molecule has 0 heterocycles. The summed E-state index contributed by atoms with van der Waals surface area (Å²) in [6, 6.07) is 28.0. The topological polar surface area (TPSA) is 49.3 Å². The molecule has 0 saturated carbocycles. The minimum absolute atomic E-state index is 0.229. The highest BCUT2D eigenvalue weighted by Gasteiger charge is 2.28. The molecule has 0 aliphatic heterocycles. The Hall–Kier alpha value is -2.00. The average Bonchev–Trinajstić information content (AvgIpc) is 2.72. The maximum Gasteiger partial charge on any atom is 0.120 e. The first-order valence-electron chi connectivity index (χ1n) is 9.70. The highest BCUT2D eigenvalue weighted by atomic mass is 32.2. The van der Waals surface area contributed by atoms with Gasteiger partial charge < -0.3 is 5.11 Å². The molecule has 2 atom stereocenters. The first-order chi connectivity index (χ1) is 13.9. The van der Waals surface area contributed by atoms with Crippen molar-refractivity contribution in [3.8, 4) is 5.75 Å². The van der Waals surface area contributed by atoms with Gasteiger partial charge in [-0.1, -0.05) is 78.9 Å². The van der Waals surface area contributed by atoms with Crippen LogP contribution in [0.3, 0.4) is 0 Å². The Morgan fingerprint density at radius 1 is 0.862 bits per heavy atom. The highest BCUT2D eigenvalue weighted by molar-refractivity contribution is 7.84. The Kier molecular flexibility index (Phi) is 7.23. The zero-order valence-corrected chi connectivity index (χ0v) is 18.8. The van der Waals surface area contributed by atoms with Crippen LogP contribution in [0.1, 0.15) is 32.4 Å². The van der Waals surface area contributed by atoms with E-state index >= 15 is 0 Å². The predicted molar refractivity (Wildman–Crippen MR) is 126 cm³/mol. The average molecular weight is 426 g/mol. The Labute approximate surface area is 177 Å². The van der Waals surface area contributed by atoms with Crippen LogP contribution in [0.25, 0.3) is 0 Å². The van der Waals surface area contributed by atoms with E-state index in [0.29, 0.717) is 0 Å². The van der Waals surface area contributed by atoms with Crippen LogP contribution in [-0.4, -0.2) is 20.2 Å². The third kappa shape index (κ3) is 5.76. The van der Waals surface area contributed by atoms with Crippen LogP contribution in [0.2, 0.25) is 0 Å². The molecule has 0 aliphatic rings. The Bertz CT molecular complexity index is 902. The molecule has 0 fully saturated rings. The number of phenols is 1. The molecule has 3 aromatic carbocycles. The molecule has 0 bridgehead atoms. The van der Waals surface area contributed by atoms with Crippen molar-refractivity contribution in [2.45, 2.75) is 31.6 Å². The van der Waals surface area contributed by atoms with Gasteiger partial charge in [-0.3, -0.25) is 0 Å². The maximum absolute atomic E-state index is 12.9. The Balaban J connectivity index is 2.01. The van der Waals surface area contributed by atoms with Crippen molar-refractivity contribution in [1.82, 2.24) is 4.72 Å². The second kappa shape index (κ2) is 9.67. The summed E-state index contributed by atoms with van der Waals surface area (Å²) in [5.41, 5.74) is 0.782. The summed E-state index contributed by atoms with van der Waals surface area (Å²) in [5, 5.41) is 13.0. The van der Waals surface area contributed by atoms with Gasteiger partial charge in [0.25, 0.3) is 0 Å². The number of hydrogen-bond acceptors (Lipinski definition) is 2. The van der Waals surface area contributed by atoms with Gasteiger partial charge in [0.1, 0.15) is 5.75 Å². The van der Waals surface area contributed by atoms with E-state index in [1.54, 1.807) is 6.07 Å². The van der Waals surface area contributed by atoms with Crippen LogP contribution < -0.4 is 15.3 Å². The molecule has 3 aromatic rings. The molecule has 0 aromatic heterocycles. The molecule has 3 rings (SSSR count). The highest BCUT2D eigenvalue weighted by Crippen LogP contribution is 2.40. The summed E-state index contributed by atoms with van der Waals surface area (Å²) >= 11 is 0. The van der Waals surface area contributed by atoms with E-state index in [-0.39, 0.29) is 11.8 Å². The number of nitrogens with one attached hydrogen (secondary N) is 1. The van der Waals surface area contributed by atoms with Crippen LogP contribution >= 0.6 is 7.92 Å². The fraction of sp³-hybridized carbons (Fsp3) is 0.250. The van der Waals surface area contributed by atoms with Gasteiger partial charge >= 0.3 is 0 Å². The molecule has 5 heteroatoms. The van der Waals surface area contributed by atoms with E-state index in [1.165, 1.54) is 10.6 Å². The zero-order valence-electron chi connectivity index (χ0n) is 17.1. The molecule has 152 valence electrons. The van der Waals surface area contributed by atoms with Crippen molar-refractivity contribution in [2.24, 2.45) is 0 Å². The normalized spacial score (nSPS) is 13.9. The van der Waals surface area contributed by atoms with E-state index in [0.717, 1.165) is 11.7 Å². The van der Waals surface area contributed by atoms with Crippen LogP contribution in [0.5, 0.6) is 5.75 Å². The third-order valence-electron chi connectivity index (χ3n) is 4.62. The van der Waals surface area contributed by atoms with Gasteiger partial charge in [-0.15, -0.1) is 0 Å². The van der Waals surface area contributed by atoms with Crippen molar-refractivity contribution in [3.63, 3.8) is 0 Å². The van der Waals surface area contributed by atoms with Crippen LogP contribution in [0, 0.1) is 0 Å². The first kappa shape index (κ1) is 21.7. The van der Waals surface area contributed by atoms with Crippen molar-refractivity contribution in [2.75, 3.05) is 6.16 Å². The van der Waals surface area contributed by atoms with Crippen LogP contribution in [0.15, 0.2) is 84.9 Å². The smallest absolute Gasteiger partial charge is 0.120 e. The van der Waals surface area contributed by atoms with Gasteiger partial charge in [0.05, 0.1) is 21.8 Å². The molecule has 0 spiro atoms. The first-order valence-corrected chi connectivity index (χ1v) is 12.4. The number of rotatable bonds is 7. The number of hydrogen-bond donors (Lipinski definition) is 2. The third-order valence-corrected chi connectivity index (χ3v) is 8.80. The molecule has 0 amide bonds. The van der Waals surface area contributed by atoms with E-state index in [9.17, 15) is 9.32 Å². The minimum Gasteiger partial charge on any atom is -0.508 e. The lowest BCUT2D eigenvalue weighted by Gasteiger charge is -2.29. The van der Waals surface area contributed by atoms with Gasteiger partial charge in [0.2, 0.25) is 0 Å². The monoisotopic (exact) mass is 425 g/mol. The van der Waals surface area contributed by atoms with E-state index < -0.39 is 23.7 Å². The van der Waals surface area contributed by atoms with E-state index in [4.69, 9.17) is 0 Å². The zero-order chi connectivity index (χ0) is 20.9. The molecular formula is C24H28NO2PS. The number of benzene rings is 3. The standard InChI is InChI=1S/C24H28NO2PS/c1-24(2,3)29(27)25-22(21-16-10-11-17-23(21)26)18-28(19-12-6-4-7-13-19)20-14-8-5-9-15-20/h4-17,22,25-26H,18H2,1-3H3/t22-,29?/m1/s1. The number of phenolic OH excluding ortho intramolecular Hbond substituents is 1. The summed E-state index contributed by atoms with van der Waals surface area (Å²) < 4.78 is 15.9. The van der Waals surface area contributed by atoms with Crippen molar-refractivity contribution < 1.29 is 9.32 Å². The lowest BCUT2D eigenvalue weighted by molar-refractivity contribution is 0.461. The largest absolute Gasteiger partial charge is 0.508 e. The molecule has 29 heavy (non-hydrogen) atoms. The lowest BCUT2D eigenvalue weighted by atomic mass is 10.1. The van der Waals surface area contributed by atoms with Gasteiger partial charge in [0.15, 0.2) is 0 Å². The fourth-order valence-corrected chi connectivity index (χ4v) is 6.43. The van der Waals surface area contributed by atoms with Gasteiger partial charge in [0, 0.05) is 5.56 Å². The summed E-state index contributed by atoms with van der Waals surface area (Å²) in [5.74, 6) is 0.229. The van der Waals surface area contributed by atoms with Crippen molar-refractivity contribution in [3.05, 3.63) is 90.5 Å². The maximum atomic E-state index is 12.9. The minimum atomic E-state index is -1.26. The van der Waals surface area contributed by atoms with Crippen molar-refractivity contribution in [1.29, 1.82) is 0 Å². The van der Waals surface area contributed by atoms with Gasteiger partial charge in [-0.05, 0) is 51.5 Å². The fourth-order valence-electron chi connectivity index (χ4n) is 3.05. The summed E-state index contributed by atoms with van der Waals surface area (Å²) in [4.78, 5) is 0. The molecule has 0 saturated heterocycles. The summed E-state index contributed by atoms with van der Waals surface area (Å²) in [6.07, 6.45) is 0.739. The van der Waals surface area contributed by atoms with Gasteiger partial charge in [-0.2, -0.15) is 0 Å². The number of para-hydroxylation sites is 1. The lowest BCUT2D eigenvalue weighted by Crippen LogP contribution is -2.37. The second-order valence-electron chi connectivity index (χ2n) is 7.89. The number of aromatic hydroxyl groups is 1. The second-order valence-corrected chi connectivity index (χ2v) is 12.1. The van der Waals surface area contributed by atoms with E-state index in [2.05, 4.69) is 53.3 Å². The molecule has 1 unspecified atom stereocenters. The predicted octanol–water partition coefficient (Wildman–Crippen LogP) is 4.62. The Morgan fingerprint density at radius 2 is 1.34 bits per heavy atom. The van der Waals surface area contributed by atoms with Gasteiger partial charge in [-0.25, -0.2) is 8.93 Å². The van der Waals surface area contributed by atoms with Crippen LogP contribution in [-0.2, 0) is 11.0 Å². The molecular weight excluding hydrogens is 397 g/mol. The molecule has 0 radical (unpaired) electrons. The molecule has 2 N–H and O–H groups in total. The van der Waals surface area contributed by atoms with E-state index in [1.807, 2.05) is 51.1 Å². The quantitative estimate of drug-likeness (QED) is 0.543. The summed E-state index contributed by atoms with van der Waals surface area (Å²) in [6.45, 7) is 5.86. The van der Waals surface area contributed by atoms with Crippen molar-refractivity contribution >= 4 is 29.5 Å². The van der Waals surface area contributed by atoms with Crippen LogP contribution in [0.4, 0.5) is 0 Å².